The smallest absolute Gasteiger partial charge is 0.227 e. The number of anilines is 1. The molecule has 29 heavy (non-hydrogen) atoms. The van der Waals surface area contributed by atoms with Crippen LogP contribution in [0.4, 0.5) is 5.69 Å². The van der Waals surface area contributed by atoms with Gasteiger partial charge in [0.25, 0.3) is 0 Å². The molecule has 1 unspecified atom stereocenters. The predicted octanol–water partition coefficient (Wildman–Crippen LogP) is 3.82. The molecule has 150 valence electrons. The van der Waals surface area contributed by atoms with Gasteiger partial charge in [-0.25, -0.2) is 0 Å². The molecule has 2 heterocycles. The molecule has 0 radical (unpaired) electrons. The van der Waals surface area contributed by atoms with Crippen LogP contribution in [0, 0.1) is 19.8 Å². The summed E-state index contributed by atoms with van der Waals surface area (Å²) in [6, 6.07) is 18.4. The summed E-state index contributed by atoms with van der Waals surface area (Å²) in [4.78, 5) is 26.7. The van der Waals surface area contributed by atoms with Crippen molar-refractivity contribution in [2.45, 2.75) is 33.2 Å². The van der Waals surface area contributed by atoms with Crippen molar-refractivity contribution >= 4 is 28.4 Å². The molecule has 1 aliphatic heterocycles. The average molecular weight is 389 g/mol. The van der Waals surface area contributed by atoms with Gasteiger partial charge in [0.1, 0.15) is 0 Å². The van der Waals surface area contributed by atoms with Crippen molar-refractivity contribution in [3.8, 4) is 0 Å². The summed E-state index contributed by atoms with van der Waals surface area (Å²) in [6.45, 7) is 6.06. The molecule has 0 aliphatic carbocycles. The molecular weight excluding hydrogens is 362 g/mol. The third kappa shape index (κ3) is 4.04. The number of para-hydroxylation sites is 1. The van der Waals surface area contributed by atoms with E-state index in [0.717, 1.165) is 24.2 Å². The van der Waals surface area contributed by atoms with Crippen LogP contribution in [0.15, 0.2) is 54.6 Å². The van der Waals surface area contributed by atoms with Crippen LogP contribution in [0.1, 0.15) is 24.1 Å². The van der Waals surface area contributed by atoms with Crippen LogP contribution in [0.2, 0.25) is 0 Å². The highest BCUT2D eigenvalue weighted by Gasteiger charge is 2.34. The second-order valence-electron chi connectivity index (χ2n) is 7.88. The predicted molar refractivity (Wildman–Crippen MR) is 116 cm³/mol. The molecule has 3 aromatic rings. The van der Waals surface area contributed by atoms with Crippen molar-refractivity contribution in [1.82, 2.24) is 9.88 Å². The third-order valence-electron chi connectivity index (χ3n) is 5.72. The zero-order chi connectivity index (χ0) is 20.4. The maximum atomic E-state index is 12.6. The van der Waals surface area contributed by atoms with Gasteiger partial charge in [-0.05, 0) is 49.9 Å². The highest BCUT2D eigenvalue weighted by Crippen LogP contribution is 2.25. The molecule has 0 saturated carbocycles. The van der Waals surface area contributed by atoms with Gasteiger partial charge in [-0.1, -0.05) is 35.9 Å². The lowest BCUT2D eigenvalue weighted by Crippen LogP contribution is -2.33. The molecular formula is C24H27N3O2. The Hall–Kier alpha value is -3.08. The van der Waals surface area contributed by atoms with Crippen LogP contribution >= 0.6 is 0 Å². The van der Waals surface area contributed by atoms with Crippen molar-refractivity contribution in [2.24, 2.45) is 5.92 Å². The normalized spacial score (nSPS) is 16.6. The molecule has 1 N–H and O–H groups in total. The fourth-order valence-electron chi connectivity index (χ4n) is 4.10. The average Bonchev–Trinajstić information content (AvgIpc) is 3.25. The summed E-state index contributed by atoms with van der Waals surface area (Å²) in [6.07, 6.45) is 1.13. The molecule has 1 atom stereocenters. The maximum Gasteiger partial charge on any atom is 0.227 e. The summed E-state index contributed by atoms with van der Waals surface area (Å²) in [5, 5.41) is 4.27. The lowest BCUT2D eigenvalue weighted by molar-refractivity contribution is -0.126. The van der Waals surface area contributed by atoms with Crippen molar-refractivity contribution in [3.63, 3.8) is 0 Å². The lowest BCUT2D eigenvalue weighted by Gasteiger charge is -2.17. The molecule has 2 amide bonds. The largest absolute Gasteiger partial charge is 0.356 e. The van der Waals surface area contributed by atoms with E-state index in [9.17, 15) is 9.59 Å². The van der Waals surface area contributed by atoms with Gasteiger partial charge in [0.05, 0.1) is 5.92 Å². The standard InChI is InChI=1S/C24H27N3O2/c1-17-8-10-21(11-9-17)27-16-20(15-23(27)28)24(29)25-12-5-13-26-18(2)14-19-6-3-4-7-22(19)26/h3-4,6-11,14,20H,5,12-13,15-16H2,1-2H3,(H,25,29). The quantitative estimate of drug-likeness (QED) is 0.652. The van der Waals surface area contributed by atoms with Crippen LogP contribution in [0.25, 0.3) is 10.9 Å². The number of hydrogen-bond donors (Lipinski definition) is 1. The summed E-state index contributed by atoms with van der Waals surface area (Å²) >= 11 is 0. The van der Waals surface area contributed by atoms with Crippen LogP contribution in [-0.4, -0.2) is 29.5 Å². The number of benzene rings is 2. The Morgan fingerprint density at radius 1 is 1.10 bits per heavy atom. The van der Waals surface area contributed by atoms with Gasteiger partial charge in [0.15, 0.2) is 0 Å². The number of aryl methyl sites for hydroxylation is 3. The Bertz CT molecular complexity index is 1040. The summed E-state index contributed by atoms with van der Waals surface area (Å²) < 4.78 is 2.29. The highest BCUT2D eigenvalue weighted by molar-refractivity contribution is 6.00. The number of nitrogens with one attached hydrogen (secondary N) is 1. The van der Waals surface area contributed by atoms with Crippen molar-refractivity contribution in [3.05, 3.63) is 65.9 Å². The topological polar surface area (TPSA) is 54.3 Å². The Labute approximate surface area is 171 Å². The fourth-order valence-corrected chi connectivity index (χ4v) is 4.10. The molecule has 5 nitrogen and oxygen atoms in total. The Morgan fingerprint density at radius 3 is 2.66 bits per heavy atom. The van der Waals surface area contributed by atoms with Crippen molar-refractivity contribution in [1.29, 1.82) is 0 Å². The molecule has 1 aliphatic rings. The molecule has 1 saturated heterocycles. The molecule has 5 heteroatoms. The van der Waals surface area contributed by atoms with Gasteiger partial charge in [-0.15, -0.1) is 0 Å². The third-order valence-corrected chi connectivity index (χ3v) is 5.72. The fraction of sp³-hybridized carbons (Fsp3) is 0.333. The number of rotatable bonds is 6. The van der Waals surface area contributed by atoms with Gasteiger partial charge >= 0.3 is 0 Å². The van der Waals surface area contributed by atoms with Gasteiger partial charge in [-0.3, -0.25) is 9.59 Å². The zero-order valence-corrected chi connectivity index (χ0v) is 17.0. The van der Waals surface area contributed by atoms with Crippen LogP contribution in [-0.2, 0) is 16.1 Å². The van der Waals surface area contributed by atoms with E-state index < -0.39 is 0 Å². The first-order valence-corrected chi connectivity index (χ1v) is 10.2. The minimum absolute atomic E-state index is 0.0171. The van der Waals surface area contributed by atoms with Crippen molar-refractivity contribution < 1.29 is 9.59 Å². The summed E-state index contributed by atoms with van der Waals surface area (Å²) in [7, 11) is 0. The molecule has 1 aromatic heterocycles. The second-order valence-corrected chi connectivity index (χ2v) is 7.88. The summed E-state index contributed by atoms with van der Waals surface area (Å²) in [5.74, 6) is -0.288. The number of carbonyl (C=O) groups is 2. The van der Waals surface area contributed by atoms with Crippen LogP contribution in [0.5, 0.6) is 0 Å². The van der Waals surface area contributed by atoms with Gasteiger partial charge in [-0.2, -0.15) is 0 Å². The number of carbonyl (C=O) groups excluding carboxylic acids is 2. The number of nitrogens with zero attached hydrogens (tertiary/aromatic N) is 2. The molecule has 2 aromatic carbocycles. The first kappa shape index (κ1) is 19.2. The second kappa shape index (κ2) is 8.11. The van der Waals surface area contributed by atoms with Crippen molar-refractivity contribution in [2.75, 3.05) is 18.0 Å². The van der Waals surface area contributed by atoms with E-state index in [2.05, 4.69) is 47.1 Å². The van der Waals surface area contributed by atoms with E-state index in [1.54, 1.807) is 4.90 Å². The van der Waals surface area contributed by atoms with Crippen LogP contribution in [0.3, 0.4) is 0 Å². The van der Waals surface area contributed by atoms with Gasteiger partial charge in [0.2, 0.25) is 11.8 Å². The van der Waals surface area contributed by atoms with Gasteiger partial charge < -0.3 is 14.8 Å². The lowest BCUT2D eigenvalue weighted by atomic mass is 10.1. The van der Waals surface area contributed by atoms with E-state index in [1.807, 2.05) is 31.2 Å². The Morgan fingerprint density at radius 2 is 1.86 bits per heavy atom. The number of aromatic nitrogens is 1. The molecule has 1 fully saturated rings. The van der Waals surface area contributed by atoms with E-state index in [-0.39, 0.29) is 24.2 Å². The zero-order valence-electron chi connectivity index (χ0n) is 17.0. The maximum absolute atomic E-state index is 12.6. The first-order chi connectivity index (χ1) is 14.0. The first-order valence-electron chi connectivity index (χ1n) is 10.2. The number of fused-ring (bicyclic) bond motifs is 1. The SMILES string of the molecule is Cc1ccc(N2CC(C(=O)NCCCn3c(C)cc4ccccc43)CC2=O)cc1. The highest BCUT2D eigenvalue weighted by atomic mass is 16.2. The van der Waals surface area contributed by atoms with E-state index in [0.29, 0.717) is 13.1 Å². The van der Waals surface area contributed by atoms with E-state index in [1.165, 1.54) is 16.6 Å². The van der Waals surface area contributed by atoms with Gasteiger partial charge in [0, 0.05) is 43.0 Å². The number of hydrogen-bond acceptors (Lipinski definition) is 2. The molecule has 4 rings (SSSR count). The Kier molecular flexibility index (Phi) is 5.38. The number of amides is 2. The molecule has 0 bridgehead atoms. The minimum Gasteiger partial charge on any atom is -0.356 e. The van der Waals surface area contributed by atoms with Crippen LogP contribution < -0.4 is 10.2 Å². The monoisotopic (exact) mass is 389 g/mol. The summed E-state index contributed by atoms with van der Waals surface area (Å²) in [5.41, 5.74) is 4.48. The van der Waals surface area contributed by atoms with E-state index >= 15 is 0 Å². The molecule has 0 spiro atoms. The minimum atomic E-state index is -0.280. The van der Waals surface area contributed by atoms with E-state index in [4.69, 9.17) is 0 Å². The Balaban J connectivity index is 1.29.